The Morgan fingerprint density at radius 3 is 2.57 bits per heavy atom. The van der Waals surface area contributed by atoms with E-state index in [1.54, 1.807) is 12.1 Å². The summed E-state index contributed by atoms with van der Waals surface area (Å²) < 4.78 is 0. The van der Waals surface area contributed by atoms with Crippen LogP contribution in [-0.4, -0.2) is 17.0 Å². The first-order chi connectivity index (χ1) is 9.95. The Hall–Kier alpha value is -2.40. The molecule has 2 rings (SSSR count). The summed E-state index contributed by atoms with van der Waals surface area (Å²) >= 11 is 1.03. The summed E-state index contributed by atoms with van der Waals surface area (Å²) in [6, 6.07) is 9.05. The standard InChI is InChI=1S/C16H15NO3S/c1-10-3-4-12(11(2)9-10)5-7-14(18)17-15-8-6-13(21-15)16(19)20/h3-9H,1-2H3,(H,17,18)(H,19,20)/b7-5+. The lowest BCUT2D eigenvalue weighted by Gasteiger charge is -2.01. The van der Waals surface area contributed by atoms with Crippen molar-refractivity contribution in [3.63, 3.8) is 0 Å². The third-order valence-corrected chi connectivity index (χ3v) is 3.89. The van der Waals surface area contributed by atoms with Crippen LogP contribution in [0.4, 0.5) is 5.00 Å². The number of aryl methyl sites for hydroxylation is 2. The lowest BCUT2D eigenvalue weighted by atomic mass is 10.1. The number of amides is 1. The molecule has 0 saturated carbocycles. The van der Waals surface area contributed by atoms with Gasteiger partial charge in [-0.05, 0) is 43.2 Å². The van der Waals surface area contributed by atoms with Gasteiger partial charge in [-0.15, -0.1) is 11.3 Å². The van der Waals surface area contributed by atoms with E-state index in [2.05, 4.69) is 11.4 Å². The third-order valence-electron chi connectivity index (χ3n) is 2.90. The molecule has 4 nitrogen and oxygen atoms in total. The molecule has 2 N–H and O–H groups in total. The monoisotopic (exact) mass is 301 g/mol. The van der Waals surface area contributed by atoms with E-state index in [1.807, 2.05) is 26.0 Å². The minimum Gasteiger partial charge on any atom is -0.477 e. The number of carboxylic acid groups (broad SMARTS) is 1. The summed E-state index contributed by atoms with van der Waals surface area (Å²) in [7, 11) is 0. The van der Waals surface area contributed by atoms with Gasteiger partial charge in [0.15, 0.2) is 0 Å². The highest BCUT2D eigenvalue weighted by Gasteiger charge is 2.07. The molecule has 0 unspecified atom stereocenters. The van der Waals surface area contributed by atoms with Gasteiger partial charge in [0.25, 0.3) is 0 Å². The molecule has 0 atom stereocenters. The van der Waals surface area contributed by atoms with E-state index >= 15 is 0 Å². The molecule has 0 aliphatic rings. The number of carbonyl (C=O) groups excluding carboxylic acids is 1. The van der Waals surface area contributed by atoms with Crippen molar-refractivity contribution < 1.29 is 14.7 Å². The highest BCUT2D eigenvalue weighted by Crippen LogP contribution is 2.21. The molecular weight excluding hydrogens is 286 g/mol. The number of aromatic carboxylic acids is 1. The molecule has 0 bridgehead atoms. The fourth-order valence-corrected chi connectivity index (χ4v) is 2.61. The first-order valence-corrected chi connectivity index (χ1v) is 7.17. The van der Waals surface area contributed by atoms with Crippen molar-refractivity contribution in [2.45, 2.75) is 13.8 Å². The molecule has 21 heavy (non-hydrogen) atoms. The van der Waals surface area contributed by atoms with Crippen LogP contribution in [-0.2, 0) is 4.79 Å². The van der Waals surface area contributed by atoms with E-state index in [0.29, 0.717) is 5.00 Å². The zero-order valence-corrected chi connectivity index (χ0v) is 12.5. The summed E-state index contributed by atoms with van der Waals surface area (Å²) in [4.78, 5) is 22.8. The second kappa shape index (κ2) is 6.37. The van der Waals surface area contributed by atoms with Crippen molar-refractivity contribution in [2.75, 3.05) is 5.32 Å². The summed E-state index contributed by atoms with van der Waals surface area (Å²) in [5, 5.41) is 12.0. The number of hydrogen-bond acceptors (Lipinski definition) is 3. The predicted molar refractivity (Wildman–Crippen MR) is 84.9 cm³/mol. The molecule has 0 saturated heterocycles. The number of benzene rings is 1. The molecule has 108 valence electrons. The maximum absolute atomic E-state index is 11.8. The van der Waals surface area contributed by atoms with Gasteiger partial charge in [-0.1, -0.05) is 23.8 Å². The van der Waals surface area contributed by atoms with Gasteiger partial charge in [-0.2, -0.15) is 0 Å². The van der Waals surface area contributed by atoms with Crippen LogP contribution in [0.25, 0.3) is 6.08 Å². The highest BCUT2D eigenvalue weighted by atomic mass is 32.1. The van der Waals surface area contributed by atoms with Crippen molar-refractivity contribution in [3.05, 3.63) is 58.0 Å². The quantitative estimate of drug-likeness (QED) is 0.846. The molecule has 2 aromatic rings. The normalized spacial score (nSPS) is 10.8. The predicted octanol–water partition coefficient (Wildman–Crippen LogP) is 3.72. The van der Waals surface area contributed by atoms with Gasteiger partial charge in [0.05, 0.1) is 5.00 Å². The van der Waals surface area contributed by atoms with Crippen molar-refractivity contribution in [2.24, 2.45) is 0 Å². The maximum atomic E-state index is 11.8. The number of nitrogens with one attached hydrogen (secondary N) is 1. The molecule has 1 aromatic carbocycles. The van der Waals surface area contributed by atoms with Crippen LogP contribution in [0.2, 0.25) is 0 Å². The fraction of sp³-hybridized carbons (Fsp3) is 0.125. The fourth-order valence-electron chi connectivity index (χ4n) is 1.86. The Morgan fingerprint density at radius 1 is 1.19 bits per heavy atom. The summed E-state index contributed by atoms with van der Waals surface area (Å²) in [6.07, 6.45) is 3.19. The molecular formula is C16H15NO3S. The van der Waals surface area contributed by atoms with Crippen molar-refractivity contribution in [3.8, 4) is 0 Å². The zero-order chi connectivity index (χ0) is 15.4. The lowest BCUT2D eigenvalue weighted by molar-refractivity contribution is -0.111. The topological polar surface area (TPSA) is 66.4 Å². The zero-order valence-electron chi connectivity index (χ0n) is 11.7. The largest absolute Gasteiger partial charge is 0.477 e. The second-order valence-corrected chi connectivity index (χ2v) is 5.74. The molecule has 0 spiro atoms. The van der Waals surface area contributed by atoms with Crippen LogP contribution in [0.15, 0.2) is 36.4 Å². The molecule has 1 aromatic heterocycles. The molecule has 1 amide bonds. The molecule has 5 heteroatoms. The number of anilines is 1. The first kappa shape index (κ1) is 15.0. The van der Waals surface area contributed by atoms with Gasteiger partial charge in [-0.25, -0.2) is 4.79 Å². The Kier molecular flexibility index (Phi) is 4.55. The molecule has 0 aliphatic heterocycles. The minimum absolute atomic E-state index is 0.198. The molecule has 1 heterocycles. The number of carbonyl (C=O) groups is 2. The van der Waals surface area contributed by atoms with Gasteiger partial charge in [0.2, 0.25) is 5.91 Å². The van der Waals surface area contributed by atoms with E-state index < -0.39 is 5.97 Å². The smallest absolute Gasteiger partial charge is 0.345 e. The van der Waals surface area contributed by atoms with E-state index in [-0.39, 0.29) is 10.8 Å². The van der Waals surface area contributed by atoms with Crippen LogP contribution < -0.4 is 5.32 Å². The summed E-state index contributed by atoms with van der Waals surface area (Å²) in [5.41, 5.74) is 3.25. The summed E-state index contributed by atoms with van der Waals surface area (Å²) in [5.74, 6) is -1.28. The Bertz CT molecular complexity index is 716. The average molecular weight is 301 g/mol. The van der Waals surface area contributed by atoms with Gasteiger partial charge in [-0.3, -0.25) is 4.79 Å². The highest BCUT2D eigenvalue weighted by molar-refractivity contribution is 7.18. The lowest BCUT2D eigenvalue weighted by Crippen LogP contribution is -2.06. The van der Waals surface area contributed by atoms with Crippen LogP contribution in [0.5, 0.6) is 0 Å². The maximum Gasteiger partial charge on any atom is 0.345 e. The minimum atomic E-state index is -0.994. The summed E-state index contributed by atoms with van der Waals surface area (Å²) in [6.45, 7) is 4.01. The van der Waals surface area contributed by atoms with Crippen LogP contribution in [0, 0.1) is 13.8 Å². The van der Waals surface area contributed by atoms with Crippen LogP contribution in [0.1, 0.15) is 26.4 Å². The van der Waals surface area contributed by atoms with Gasteiger partial charge in [0, 0.05) is 6.08 Å². The van der Waals surface area contributed by atoms with Crippen LogP contribution in [0.3, 0.4) is 0 Å². The number of carboxylic acids is 1. The molecule has 0 aliphatic carbocycles. The molecule has 0 radical (unpaired) electrons. The van der Waals surface area contributed by atoms with Gasteiger partial charge < -0.3 is 10.4 Å². The van der Waals surface area contributed by atoms with Gasteiger partial charge in [0.1, 0.15) is 4.88 Å². The number of hydrogen-bond donors (Lipinski definition) is 2. The number of thiophene rings is 1. The number of rotatable bonds is 4. The molecule has 0 fully saturated rings. The second-order valence-electron chi connectivity index (χ2n) is 4.65. The van der Waals surface area contributed by atoms with E-state index in [0.717, 1.165) is 22.5 Å². The van der Waals surface area contributed by atoms with Crippen molar-refractivity contribution >= 4 is 34.3 Å². The first-order valence-electron chi connectivity index (χ1n) is 6.35. The van der Waals surface area contributed by atoms with E-state index in [4.69, 9.17) is 5.11 Å². The van der Waals surface area contributed by atoms with E-state index in [9.17, 15) is 9.59 Å². The van der Waals surface area contributed by atoms with Crippen molar-refractivity contribution in [1.82, 2.24) is 0 Å². The van der Waals surface area contributed by atoms with Crippen molar-refractivity contribution in [1.29, 1.82) is 0 Å². The Balaban J connectivity index is 2.03. The van der Waals surface area contributed by atoms with Crippen LogP contribution >= 0.6 is 11.3 Å². The van der Waals surface area contributed by atoms with Gasteiger partial charge >= 0.3 is 5.97 Å². The third kappa shape index (κ3) is 4.03. The Morgan fingerprint density at radius 2 is 1.95 bits per heavy atom. The Labute approximate surface area is 126 Å². The average Bonchev–Trinajstić information content (AvgIpc) is 2.86. The SMILES string of the molecule is Cc1ccc(/C=C/C(=O)Nc2ccc(C(=O)O)s2)c(C)c1. The van der Waals surface area contributed by atoms with E-state index in [1.165, 1.54) is 17.7 Å².